The van der Waals surface area contributed by atoms with E-state index in [0.717, 1.165) is 23.5 Å². The molecule has 22 heavy (non-hydrogen) atoms. The molecular formula is C19H20O3. The molecular weight excluding hydrogens is 276 g/mol. The van der Waals surface area contributed by atoms with Crippen LogP contribution in [0.3, 0.4) is 0 Å². The second-order valence-electron chi connectivity index (χ2n) is 5.87. The number of carboxylic acid groups (broad SMARTS) is 1. The van der Waals surface area contributed by atoms with Crippen LogP contribution in [-0.4, -0.2) is 17.7 Å². The molecule has 1 aliphatic rings. The third kappa shape index (κ3) is 3.48. The molecule has 3 rings (SSSR count). The summed E-state index contributed by atoms with van der Waals surface area (Å²) in [6.45, 7) is 0.812. The fraction of sp³-hybridized carbons (Fsp3) is 0.316. The minimum atomic E-state index is -0.901. The van der Waals surface area contributed by atoms with Crippen molar-refractivity contribution in [3.05, 3.63) is 54.1 Å². The van der Waals surface area contributed by atoms with E-state index in [1.807, 2.05) is 36.4 Å². The van der Waals surface area contributed by atoms with Crippen molar-refractivity contribution in [2.45, 2.75) is 25.7 Å². The lowest BCUT2D eigenvalue weighted by Crippen LogP contribution is -2.07. The zero-order valence-electron chi connectivity index (χ0n) is 12.5. The Morgan fingerprint density at radius 2 is 1.50 bits per heavy atom. The lowest BCUT2D eigenvalue weighted by molar-refractivity contribution is 0.0697. The summed E-state index contributed by atoms with van der Waals surface area (Å²) < 4.78 is 5.85. The third-order valence-corrected chi connectivity index (χ3v) is 4.28. The predicted molar refractivity (Wildman–Crippen MR) is 86.3 cm³/mol. The van der Waals surface area contributed by atoms with E-state index in [9.17, 15) is 4.79 Å². The number of hydrogen-bond donors (Lipinski definition) is 1. The lowest BCUT2D eigenvalue weighted by atomic mass is 10.0. The average Bonchev–Trinajstić information content (AvgIpc) is 3.07. The first-order valence-electron chi connectivity index (χ1n) is 7.79. The number of aromatic carboxylic acids is 1. The summed E-state index contributed by atoms with van der Waals surface area (Å²) in [5.41, 5.74) is 2.37. The molecule has 114 valence electrons. The summed E-state index contributed by atoms with van der Waals surface area (Å²) in [5, 5.41) is 8.92. The first kappa shape index (κ1) is 14.6. The van der Waals surface area contributed by atoms with E-state index < -0.39 is 5.97 Å². The van der Waals surface area contributed by atoms with Crippen molar-refractivity contribution in [3.8, 4) is 16.9 Å². The fourth-order valence-corrected chi connectivity index (χ4v) is 2.94. The molecule has 3 nitrogen and oxygen atoms in total. The normalized spacial score (nSPS) is 14.9. The number of ether oxygens (including phenoxy) is 1. The van der Waals surface area contributed by atoms with Gasteiger partial charge in [-0.05, 0) is 54.2 Å². The van der Waals surface area contributed by atoms with Crippen LogP contribution in [0.2, 0.25) is 0 Å². The van der Waals surface area contributed by atoms with Gasteiger partial charge in [-0.25, -0.2) is 4.79 Å². The summed E-state index contributed by atoms with van der Waals surface area (Å²) in [6, 6.07) is 14.9. The van der Waals surface area contributed by atoms with Crippen LogP contribution in [0.5, 0.6) is 5.75 Å². The van der Waals surface area contributed by atoms with Crippen molar-refractivity contribution in [2.24, 2.45) is 5.92 Å². The maximum absolute atomic E-state index is 10.9. The van der Waals surface area contributed by atoms with Crippen LogP contribution in [0.1, 0.15) is 36.0 Å². The highest BCUT2D eigenvalue weighted by atomic mass is 16.5. The van der Waals surface area contributed by atoms with Crippen molar-refractivity contribution in [1.29, 1.82) is 0 Å². The predicted octanol–water partition coefficient (Wildman–Crippen LogP) is 4.62. The Balaban J connectivity index is 1.64. The Labute approximate surface area is 130 Å². The van der Waals surface area contributed by atoms with Gasteiger partial charge in [-0.3, -0.25) is 0 Å². The highest BCUT2D eigenvalue weighted by Gasteiger charge is 2.15. The number of hydrogen-bond acceptors (Lipinski definition) is 2. The summed E-state index contributed by atoms with van der Waals surface area (Å²) >= 11 is 0. The first-order valence-corrected chi connectivity index (χ1v) is 7.79. The quantitative estimate of drug-likeness (QED) is 0.875. The van der Waals surface area contributed by atoms with Gasteiger partial charge in [0.1, 0.15) is 5.75 Å². The van der Waals surface area contributed by atoms with Crippen LogP contribution < -0.4 is 4.74 Å². The molecule has 1 fully saturated rings. The molecule has 0 aromatic heterocycles. The van der Waals surface area contributed by atoms with Gasteiger partial charge in [-0.1, -0.05) is 37.1 Å². The minimum Gasteiger partial charge on any atom is -0.493 e. The molecule has 1 saturated carbocycles. The summed E-state index contributed by atoms with van der Waals surface area (Å²) in [6.07, 6.45) is 5.24. The monoisotopic (exact) mass is 296 g/mol. The van der Waals surface area contributed by atoms with Gasteiger partial charge in [-0.2, -0.15) is 0 Å². The first-order chi connectivity index (χ1) is 10.7. The van der Waals surface area contributed by atoms with E-state index in [1.54, 1.807) is 12.1 Å². The topological polar surface area (TPSA) is 46.5 Å². The Kier molecular flexibility index (Phi) is 4.42. The average molecular weight is 296 g/mol. The Bertz CT molecular complexity index is 623. The molecule has 0 aliphatic heterocycles. The Morgan fingerprint density at radius 3 is 2.05 bits per heavy atom. The number of rotatable bonds is 5. The zero-order chi connectivity index (χ0) is 15.4. The van der Waals surface area contributed by atoms with Gasteiger partial charge in [0, 0.05) is 0 Å². The Hall–Kier alpha value is -2.29. The molecule has 0 radical (unpaired) electrons. The SMILES string of the molecule is O=C(O)c1ccc(-c2ccc(OCC3CCCC3)cc2)cc1. The molecule has 0 saturated heterocycles. The fourth-order valence-electron chi connectivity index (χ4n) is 2.94. The number of benzene rings is 2. The van der Waals surface area contributed by atoms with E-state index in [2.05, 4.69) is 0 Å². The lowest BCUT2D eigenvalue weighted by Gasteiger charge is -2.11. The second-order valence-corrected chi connectivity index (χ2v) is 5.87. The van der Waals surface area contributed by atoms with Crippen molar-refractivity contribution in [3.63, 3.8) is 0 Å². The van der Waals surface area contributed by atoms with Crippen LogP contribution in [0.15, 0.2) is 48.5 Å². The molecule has 2 aromatic carbocycles. The number of carbonyl (C=O) groups is 1. The molecule has 0 bridgehead atoms. The highest BCUT2D eigenvalue weighted by Crippen LogP contribution is 2.27. The van der Waals surface area contributed by atoms with E-state index in [1.165, 1.54) is 25.7 Å². The minimum absolute atomic E-state index is 0.306. The van der Waals surface area contributed by atoms with E-state index in [4.69, 9.17) is 9.84 Å². The van der Waals surface area contributed by atoms with Gasteiger partial charge in [0.25, 0.3) is 0 Å². The van der Waals surface area contributed by atoms with E-state index in [-0.39, 0.29) is 0 Å². The van der Waals surface area contributed by atoms with E-state index in [0.29, 0.717) is 11.5 Å². The summed E-state index contributed by atoms with van der Waals surface area (Å²) in [4.78, 5) is 10.9. The highest BCUT2D eigenvalue weighted by molar-refractivity contribution is 5.88. The zero-order valence-corrected chi connectivity index (χ0v) is 12.5. The second kappa shape index (κ2) is 6.65. The molecule has 1 N–H and O–H groups in total. The number of carboxylic acids is 1. The molecule has 0 atom stereocenters. The van der Waals surface area contributed by atoms with Crippen molar-refractivity contribution in [2.75, 3.05) is 6.61 Å². The van der Waals surface area contributed by atoms with Gasteiger partial charge >= 0.3 is 5.97 Å². The molecule has 3 heteroatoms. The van der Waals surface area contributed by atoms with Crippen LogP contribution in [-0.2, 0) is 0 Å². The van der Waals surface area contributed by atoms with Crippen LogP contribution in [0.25, 0.3) is 11.1 Å². The van der Waals surface area contributed by atoms with Crippen LogP contribution in [0.4, 0.5) is 0 Å². The van der Waals surface area contributed by atoms with E-state index >= 15 is 0 Å². The maximum atomic E-state index is 10.9. The van der Waals surface area contributed by atoms with Gasteiger partial charge in [0.15, 0.2) is 0 Å². The molecule has 1 aliphatic carbocycles. The Morgan fingerprint density at radius 1 is 0.955 bits per heavy atom. The molecule has 0 heterocycles. The smallest absolute Gasteiger partial charge is 0.335 e. The van der Waals surface area contributed by atoms with Crippen molar-refractivity contribution < 1.29 is 14.6 Å². The van der Waals surface area contributed by atoms with Gasteiger partial charge < -0.3 is 9.84 Å². The van der Waals surface area contributed by atoms with Crippen molar-refractivity contribution in [1.82, 2.24) is 0 Å². The van der Waals surface area contributed by atoms with Gasteiger partial charge in [-0.15, -0.1) is 0 Å². The summed E-state index contributed by atoms with van der Waals surface area (Å²) in [7, 11) is 0. The standard InChI is InChI=1S/C19H20O3/c20-19(21)17-7-5-15(6-8-17)16-9-11-18(12-10-16)22-13-14-3-1-2-4-14/h5-12,14H,1-4,13H2,(H,20,21). The van der Waals surface area contributed by atoms with Gasteiger partial charge in [0.05, 0.1) is 12.2 Å². The largest absolute Gasteiger partial charge is 0.493 e. The maximum Gasteiger partial charge on any atom is 0.335 e. The molecule has 2 aromatic rings. The summed E-state index contributed by atoms with van der Waals surface area (Å²) in [5.74, 6) is 0.711. The van der Waals surface area contributed by atoms with Gasteiger partial charge in [0.2, 0.25) is 0 Å². The third-order valence-electron chi connectivity index (χ3n) is 4.28. The van der Waals surface area contributed by atoms with Crippen LogP contribution in [0, 0.1) is 5.92 Å². The molecule has 0 spiro atoms. The van der Waals surface area contributed by atoms with Crippen LogP contribution >= 0.6 is 0 Å². The van der Waals surface area contributed by atoms with Crippen molar-refractivity contribution >= 4 is 5.97 Å². The molecule has 0 amide bonds. The molecule has 0 unspecified atom stereocenters.